The molecular formula is C25H28N2O3S. The van der Waals surface area contributed by atoms with E-state index in [2.05, 4.69) is 10.0 Å². The number of amides is 1. The zero-order valence-corrected chi connectivity index (χ0v) is 18.6. The molecule has 0 radical (unpaired) electrons. The molecule has 0 bridgehead atoms. The standard InChI is InChI=1S/C25H28N2O3S/c1-19(22-9-5-3-6-10-22)26-25(28)18-15-21-13-16-24(17-14-21)31(29,30)27-20(2)23-11-7-4-8-12-23/h3-14,16-17,19-20,27H,15,18H2,1-2H3,(H,26,28)/t19-,20-/m0/s1. The summed E-state index contributed by atoms with van der Waals surface area (Å²) in [4.78, 5) is 12.5. The lowest BCUT2D eigenvalue weighted by Crippen LogP contribution is -2.27. The minimum atomic E-state index is -3.63. The van der Waals surface area contributed by atoms with Crippen LogP contribution in [0.15, 0.2) is 89.8 Å². The number of hydrogen-bond acceptors (Lipinski definition) is 3. The molecule has 5 nitrogen and oxygen atoms in total. The summed E-state index contributed by atoms with van der Waals surface area (Å²) in [5.74, 6) is -0.0357. The highest BCUT2D eigenvalue weighted by Crippen LogP contribution is 2.18. The summed E-state index contributed by atoms with van der Waals surface area (Å²) in [5.41, 5.74) is 2.87. The Balaban J connectivity index is 1.54. The van der Waals surface area contributed by atoms with Crippen LogP contribution in [0, 0.1) is 0 Å². The minimum absolute atomic E-state index is 0.0357. The van der Waals surface area contributed by atoms with Crippen LogP contribution in [0.2, 0.25) is 0 Å². The Kier molecular flexibility index (Phi) is 7.60. The lowest BCUT2D eigenvalue weighted by molar-refractivity contribution is -0.121. The summed E-state index contributed by atoms with van der Waals surface area (Å²) < 4.78 is 28.1. The summed E-state index contributed by atoms with van der Waals surface area (Å²) in [6.45, 7) is 3.77. The molecule has 1 amide bonds. The molecule has 31 heavy (non-hydrogen) atoms. The van der Waals surface area contributed by atoms with Crippen molar-refractivity contribution in [3.05, 3.63) is 102 Å². The fourth-order valence-corrected chi connectivity index (χ4v) is 4.57. The van der Waals surface area contributed by atoms with Gasteiger partial charge in [-0.3, -0.25) is 4.79 Å². The van der Waals surface area contributed by atoms with Gasteiger partial charge in [0.25, 0.3) is 0 Å². The van der Waals surface area contributed by atoms with Crippen molar-refractivity contribution in [3.63, 3.8) is 0 Å². The fraction of sp³-hybridized carbons (Fsp3) is 0.240. The summed E-state index contributed by atoms with van der Waals surface area (Å²) in [6, 6.07) is 25.5. The molecule has 0 aromatic heterocycles. The Morgan fingerprint density at radius 1 is 0.774 bits per heavy atom. The zero-order valence-electron chi connectivity index (χ0n) is 17.8. The molecule has 6 heteroatoms. The number of nitrogens with one attached hydrogen (secondary N) is 2. The Labute approximate surface area is 184 Å². The van der Waals surface area contributed by atoms with Gasteiger partial charge in [0.15, 0.2) is 0 Å². The van der Waals surface area contributed by atoms with Crippen LogP contribution in [-0.2, 0) is 21.2 Å². The van der Waals surface area contributed by atoms with Crippen LogP contribution >= 0.6 is 0 Å². The Morgan fingerprint density at radius 2 is 1.29 bits per heavy atom. The van der Waals surface area contributed by atoms with Gasteiger partial charge in [-0.2, -0.15) is 0 Å². The van der Waals surface area contributed by atoms with Crippen LogP contribution in [0.25, 0.3) is 0 Å². The third-order valence-corrected chi connectivity index (χ3v) is 6.74. The van der Waals surface area contributed by atoms with E-state index in [0.717, 1.165) is 16.7 Å². The van der Waals surface area contributed by atoms with Gasteiger partial charge in [0.1, 0.15) is 0 Å². The number of benzene rings is 3. The van der Waals surface area contributed by atoms with Gasteiger partial charge in [0.2, 0.25) is 15.9 Å². The third-order valence-electron chi connectivity index (χ3n) is 5.18. The molecule has 3 rings (SSSR count). The van der Waals surface area contributed by atoms with Gasteiger partial charge in [0, 0.05) is 12.5 Å². The second kappa shape index (κ2) is 10.4. The number of carbonyl (C=O) groups is 1. The van der Waals surface area contributed by atoms with Crippen LogP contribution in [-0.4, -0.2) is 14.3 Å². The summed E-state index contributed by atoms with van der Waals surface area (Å²) >= 11 is 0. The second-order valence-corrected chi connectivity index (χ2v) is 9.31. The lowest BCUT2D eigenvalue weighted by atomic mass is 10.1. The molecule has 0 fully saturated rings. The van der Waals surface area contributed by atoms with Crippen molar-refractivity contribution >= 4 is 15.9 Å². The molecule has 0 aliphatic heterocycles. The smallest absolute Gasteiger partial charge is 0.241 e. The van der Waals surface area contributed by atoms with Gasteiger partial charge in [-0.25, -0.2) is 13.1 Å². The van der Waals surface area contributed by atoms with Crippen LogP contribution in [0.5, 0.6) is 0 Å². The molecule has 0 aliphatic rings. The molecule has 0 spiro atoms. The van der Waals surface area contributed by atoms with E-state index in [1.54, 1.807) is 24.3 Å². The largest absolute Gasteiger partial charge is 0.350 e. The summed E-state index contributed by atoms with van der Waals surface area (Å²) in [5, 5.41) is 2.99. The molecule has 2 N–H and O–H groups in total. The number of hydrogen-bond donors (Lipinski definition) is 2. The van der Waals surface area contributed by atoms with E-state index in [-0.39, 0.29) is 22.9 Å². The minimum Gasteiger partial charge on any atom is -0.350 e. The lowest BCUT2D eigenvalue weighted by Gasteiger charge is -2.15. The van der Waals surface area contributed by atoms with Crippen LogP contribution in [0.4, 0.5) is 0 Å². The van der Waals surface area contributed by atoms with E-state index >= 15 is 0 Å². The molecule has 0 saturated heterocycles. The van der Waals surface area contributed by atoms with Crippen LogP contribution < -0.4 is 10.0 Å². The molecule has 0 saturated carbocycles. The van der Waals surface area contributed by atoms with Crippen molar-refractivity contribution in [2.75, 3.05) is 0 Å². The normalized spacial score (nSPS) is 13.4. The predicted octanol–water partition coefficient (Wildman–Crippen LogP) is 4.54. The molecule has 2 atom stereocenters. The molecule has 0 unspecified atom stereocenters. The summed E-state index contributed by atoms with van der Waals surface area (Å²) in [6.07, 6.45) is 0.883. The van der Waals surface area contributed by atoms with E-state index in [4.69, 9.17) is 0 Å². The van der Waals surface area contributed by atoms with E-state index in [1.807, 2.05) is 74.5 Å². The van der Waals surface area contributed by atoms with E-state index in [1.165, 1.54) is 0 Å². The molecule has 0 aliphatic carbocycles. The molecule has 0 heterocycles. The predicted molar refractivity (Wildman–Crippen MR) is 123 cm³/mol. The quantitative estimate of drug-likeness (QED) is 0.517. The molecule has 3 aromatic carbocycles. The average molecular weight is 437 g/mol. The van der Waals surface area contributed by atoms with E-state index in [9.17, 15) is 13.2 Å². The Morgan fingerprint density at radius 3 is 1.84 bits per heavy atom. The van der Waals surface area contributed by atoms with Gasteiger partial charge in [0.05, 0.1) is 10.9 Å². The monoisotopic (exact) mass is 436 g/mol. The van der Waals surface area contributed by atoms with Gasteiger partial charge in [-0.1, -0.05) is 72.8 Å². The van der Waals surface area contributed by atoms with Crippen LogP contribution in [0.1, 0.15) is 49.0 Å². The molecule has 162 valence electrons. The first kappa shape index (κ1) is 22.7. The second-order valence-electron chi connectivity index (χ2n) is 7.60. The first-order chi connectivity index (χ1) is 14.8. The van der Waals surface area contributed by atoms with Gasteiger partial charge in [-0.15, -0.1) is 0 Å². The summed E-state index contributed by atoms with van der Waals surface area (Å²) in [7, 11) is -3.63. The molecule has 3 aromatic rings. The highest BCUT2D eigenvalue weighted by atomic mass is 32.2. The first-order valence-electron chi connectivity index (χ1n) is 10.4. The topological polar surface area (TPSA) is 75.3 Å². The van der Waals surface area contributed by atoms with Crippen molar-refractivity contribution in [1.29, 1.82) is 0 Å². The highest BCUT2D eigenvalue weighted by Gasteiger charge is 2.18. The number of carbonyl (C=O) groups excluding carboxylic acids is 1. The zero-order chi connectivity index (χ0) is 22.3. The van der Waals surface area contributed by atoms with Crippen molar-refractivity contribution < 1.29 is 13.2 Å². The average Bonchev–Trinajstić information content (AvgIpc) is 2.79. The highest BCUT2D eigenvalue weighted by molar-refractivity contribution is 7.89. The molecular weight excluding hydrogens is 408 g/mol. The van der Waals surface area contributed by atoms with Crippen molar-refractivity contribution in [2.24, 2.45) is 0 Å². The van der Waals surface area contributed by atoms with Gasteiger partial charge >= 0.3 is 0 Å². The van der Waals surface area contributed by atoms with Crippen LogP contribution in [0.3, 0.4) is 0 Å². The fourth-order valence-electron chi connectivity index (χ4n) is 3.34. The van der Waals surface area contributed by atoms with E-state index < -0.39 is 10.0 Å². The number of aryl methyl sites for hydroxylation is 1. The van der Waals surface area contributed by atoms with E-state index in [0.29, 0.717) is 12.8 Å². The Hall–Kier alpha value is -2.96. The van der Waals surface area contributed by atoms with Crippen molar-refractivity contribution in [2.45, 2.75) is 43.7 Å². The number of sulfonamides is 1. The first-order valence-corrected chi connectivity index (χ1v) is 11.8. The van der Waals surface area contributed by atoms with Gasteiger partial charge < -0.3 is 5.32 Å². The van der Waals surface area contributed by atoms with Gasteiger partial charge in [-0.05, 0) is 49.1 Å². The third kappa shape index (κ3) is 6.51. The maximum Gasteiger partial charge on any atom is 0.241 e. The maximum absolute atomic E-state index is 12.7. The van der Waals surface area contributed by atoms with Crippen molar-refractivity contribution in [3.8, 4) is 0 Å². The number of rotatable bonds is 9. The SMILES string of the molecule is C[C@H](NC(=O)CCc1ccc(S(=O)(=O)N[C@@H](C)c2ccccc2)cc1)c1ccccc1. The van der Waals surface area contributed by atoms with Crippen molar-refractivity contribution in [1.82, 2.24) is 10.0 Å². The maximum atomic E-state index is 12.7. The Bertz CT molecular complexity index is 1080.